The quantitative estimate of drug-likeness (QED) is 0.189. The summed E-state index contributed by atoms with van der Waals surface area (Å²) in [5.74, 6) is -2.31. The number of thioether (sulfide) groups is 1. The molecule has 0 saturated heterocycles. The van der Waals surface area contributed by atoms with Gasteiger partial charge in [0.15, 0.2) is 0 Å². The lowest BCUT2D eigenvalue weighted by molar-refractivity contribution is -0.141. The molecule has 0 aliphatic carbocycles. The van der Waals surface area contributed by atoms with E-state index in [1.807, 2.05) is 0 Å². The lowest BCUT2D eigenvalue weighted by Crippen LogP contribution is -2.51. The Morgan fingerprint density at radius 2 is 1.52 bits per heavy atom. The summed E-state index contributed by atoms with van der Waals surface area (Å²) in [6.07, 6.45) is -0.00717. The van der Waals surface area contributed by atoms with Crippen molar-refractivity contribution in [1.29, 1.82) is 0 Å². The van der Waals surface area contributed by atoms with Crippen molar-refractivity contribution in [3.05, 3.63) is 117 Å². The first kappa shape index (κ1) is 28.4. The monoisotopic (exact) mass is 560 g/mol. The van der Waals surface area contributed by atoms with E-state index in [-0.39, 0.29) is 29.3 Å². The van der Waals surface area contributed by atoms with Gasteiger partial charge in [-0.05, 0) is 29.8 Å². The zero-order chi connectivity index (χ0) is 28.6. The molecule has 10 nitrogen and oxygen atoms in total. The van der Waals surface area contributed by atoms with Crippen molar-refractivity contribution in [2.24, 2.45) is 7.05 Å². The maximum absolute atomic E-state index is 13.6. The number of carbonyl (C=O) groups is 3. The fourth-order valence-electron chi connectivity index (χ4n) is 4.27. The molecule has 3 aromatic carbocycles. The molecular weight excluding hydrogens is 532 g/mol. The van der Waals surface area contributed by atoms with E-state index in [4.69, 9.17) is 0 Å². The van der Waals surface area contributed by atoms with Gasteiger partial charge in [0.05, 0.1) is 16.8 Å². The van der Waals surface area contributed by atoms with Gasteiger partial charge in [0, 0.05) is 24.8 Å². The highest BCUT2D eigenvalue weighted by Crippen LogP contribution is 2.15. The van der Waals surface area contributed by atoms with Crippen molar-refractivity contribution in [2.75, 3.05) is 11.6 Å². The fourth-order valence-corrected chi connectivity index (χ4v) is 5.08. The van der Waals surface area contributed by atoms with Crippen molar-refractivity contribution < 1.29 is 19.5 Å². The number of hydrogen-bond donors (Lipinski definition) is 3. The third-order valence-electron chi connectivity index (χ3n) is 6.36. The topological polar surface area (TPSA) is 140 Å². The minimum absolute atomic E-state index is 0.00717. The summed E-state index contributed by atoms with van der Waals surface area (Å²) in [5.41, 5.74) is 0.251. The third kappa shape index (κ3) is 6.49. The predicted octanol–water partition coefficient (Wildman–Crippen LogP) is 2.17. The molecule has 2 amide bonds. The van der Waals surface area contributed by atoms with Gasteiger partial charge in [-0.1, -0.05) is 60.7 Å². The van der Waals surface area contributed by atoms with Crippen molar-refractivity contribution in [3.8, 4) is 0 Å². The molecule has 2 atom stereocenters. The van der Waals surface area contributed by atoms with Gasteiger partial charge in [-0.25, -0.2) is 14.2 Å². The van der Waals surface area contributed by atoms with Gasteiger partial charge >= 0.3 is 11.7 Å². The summed E-state index contributed by atoms with van der Waals surface area (Å²) < 4.78 is 2.18. The van der Waals surface area contributed by atoms with E-state index in [9.17, 15) is 29.1 Å². The second-order valence-electron chi connectivity index (χ2n) is 9.03. The zero-order valence-electron chi connectivity index (χ0n) is 21.7. The van der Waals surface area contributed by atoms with Gasteiger partial charge in [-0.3, -0.25) is 19.0 Å². The van der Waals surface area contributed by atoms with Gasteiger partial charge in [-0.15, -0.1) is 11.8 Å². The molecule has 0 bridgehead atoms. The number of carbonyl (C=O) groups excluding carboxylic acids is 2. The van der Waals surface area contributed by atoms with E-state index < -0.39 is 35.2 Å². The number of aryl methyl sites for hydroxylation is 1. The highest BCUT2D eigenvalue weighted by Gasteiger charge is 2.30. The Morgan fingerprint density at radius 3 is 2.20 bits per heavy atom. The first-order chi connectivity index (χ1) is 19.3. The van der Waals surface area contributed by atoms with Crippen LogP contribution in [-0.2, 0) is 23.1 Å². The SMILES string of the molecule is Cn1c(=O)n(C(Cc2ccccc2)C(=O)NC(CSCNC(=O)c2ccccc2)C(=O)O)c(=O)c2ccccc21. The highest BCUT2D eigenvalue weighted by atomic mass is 32.2. The maximum Gasteiger partial charge on any atom is 0.331 e. The Morgan fingerprint density at radius 1 is 0.900 bits per heavy atom. The number of benzene rings is 3. The zero-order valence-corrected chi connectivity index (χ0v) is 22.5. The van der Waals surface area contributed by atoms with Crippen LogP contribution in [0.5, 0.6) is 0 Å². The first-order valence-electron chi connectivity index (χ1n) is 12.5. The Hall–Kier alpha value is -4.64. The van der Waals surface area contributed by atoms with Crippen LogP contribution in [0.3, 0.4) is 0 Å². The summed E-state index contributed by atoms with van der Waals surface area (Å²) in [5, 5.41) is 15.2. The molecule has 4 aromatic rings. The highest BCUT2D eigenvalue weighted by molar-refractivity contribution is 7.99. The van der Waals surface area contributed by atoms with Crippen LogP contribution in [0, 0.1) is 0 Å². The second kappa shape index (κ2) is 12.9. The summed E-state index contributed by atoms with van der Waals surface area (Å²) in [6.45, 7) is 0. The molecule has 11 heteroatoms. The van der Waals surface area contributed by atoms with Crippen molar-refractivity contribution in [1.82, 2.24) is 19.8 Å². The van der Waals surface area contributed by atoms with Crippen molar-refractivity contribution in [3.63, 3.8) is 0 Å². The van der Waals surface area contributed by atoms with Gasteiger partial charge in [-0.2, -0.15) is 0 Å². The molecule has 1 heterocycles. The van der Waals surface area contributed by atoms with E-state index >= 15 is 0 Å². The molecule has 2 unspecified atom stereocenters. The molecule has 0 aliphatic heterocycles. The summed E-state index contributed by atoms with van der Waals surface area (Å²) in [6, 6.07) is 21.4. The van der Waals surface area contributed by atoms with Crippen LogP contribution in [0.4, 0.5) is 0 Å². The average molecular weight is 561 g/mol. The normalized spacial score (nSPS) is 12.4. The fraction of sp³-hybridized carbons (Fsp3) is 0.207. The number of rotatable bonds is 11. The third-order valence-corrected chi connectivity index (χ3v) is 7.28. The van der Waals surface area contributed by atoms with E-state index in [1.165, 1.54) is 11.6 Å². The summed E-state index contributed by atoms with van der Waals surface area (Å²) in [4.78, 5) is 64.6. The maximum atomic E-state index is 13.6. The molecule has 0 aliphatic rings. The molecule has 40 heavy (non-hydrogen) atoms. The smallest absolute Gasteiger partial charge is 0.331 e. The molecular formula is C29H28N4O6S. The minimum atomic E-state index is -1.33. The molecule has 0 radical (unpaired) electrons. The number of hydrogen-bond acceptors (Lipinski definition) is 6. The molecule has 0 saturated carbocycles. The minimum Gasteiger partial charge on any atom is -0.480 e. The number of amides is 2. The lowest BCUT2D eigenvalue weighted by atomic mass is 10.0. The molecule has 0 fully saturated rings. The van der Waals surface area contributed by atoms with Crippen LogP contribution in [0.15, 0.2) is 94.5 Å². The van der Waals surface area contributed by atoms with Crippen LogP contribution in [0.2, 0.25) is 0 Å². The van der Waals surface area contributed by atoms with E-state index in [0.29, 0.717) is 16.6 Å². The van der Waals surface area contributed by atoms with Crippen LogP contribution < -0.4 is 21.9 Å². The number of aliphatic carboxylic acids is 1. The van der Waals surface area contributed by atoms with E-state index in [1.54, 1.807) is 84.9 Å². The van der Waals surface area contributed by atoms with Crippen molar-refractivity contribution >= 4 is 40.4 Å². The van der Waals surface area contributed by atoms with Crippen LogP contribution in [0.1, 0.15) is 22.0 Å². The van der Waals surface area contributed by atoms with Gasteiger partial charge in [0.1, 0.15) is 12.1 Å². The summed E-state index contributed by atoms with van der Waals surface area (Å²) in [7, 11) is 1.51. The molecule has 1 aromatic heterocycles. The number of carboxylic acids is 1. The van der Waals surface area contributed by atoms with Gasteiger partial charge < -0.3 is 15.7 Å². The Bertz CT molecular complexity index is 1640. The molecule has 3 N–H and O–H groups in total. The summed E-state index contributed by atoms with van der Waals surface area (Å²) >= 11 is 1.11. The Balaban J connectivity index is 1.56. The van der Waals surface area contributed by atoms with Gasteiger partial charge in [0.2, 0.25) is 5.91 Å². The second-order valence-corrected chi connectivity index (χ2v) is 10.1. The lowest BCUT2D eigenvalue weighted by Gasteiger charge is -2.23. The van der Waals surface area contributed by atoms with Crippen LogP contribution >= 0.6 is 11.8 Å². The number of fused-ring (bicyclic) bond motifs is 1. The Kier molecular flexibility index (Phi) is 9.18. The molecule has 0 spiro atoms. The number of nitrogens with zero attached hydrogens (tertiary/aromatic N) is 2. The van der Waals surface area contributed by atoms with Crippen LogP contribution in [-0.4, -0.2) is 49.7 Å². The Labute approximate surface area is 233 Å². The molecule has 4 rings (SSSR count). The standard InChI is InChI=1S/C29H28N4O6S/c1-32-23-15-9-8-14-21(23)27(36)33(29(32)39)24(16-19-10-4-2-5-11-19)26(35)31-22(28(37)38)17-40-18-30-25(34)20-12-6-3-7-13-20/h2-15,22,24H,16-18H2,1H3,(H,30,34)(H,31,35)(H,37,38). The van der Waals surface area contributed by atoms with E-state index in [0.717, 1.165) is 16.3 Å². The van der Waals surface area contributed by atoms with E-state index in [2.05, 4.69) is 10.6 Å². The number of aromatic nitrogens is 2. The van der Waals surface area contributed by atoms with Gasteiger partial charge in [0.25, 0.3) is 11.5 Å². The number of carboxylic acid groups (broad SMARTS) is 1. The largest absolute Gasteiger partial charge is 0.480 e. The first-order valence-corrected chi connectivity index (χ1v) is 13.6. The number of para-hydroxylation sites is 1. The average Bonchev–Trinajstić information content (AvgIpc) is 2.97. The van der Waals surface area contributed by atoms with Crippen LogP contribution in [0.25, 0.3) is 10.9 Å². The predicted molar refractivity (Wildman–Crippen MR) is 153 cm³/mol. The van der Waals surface area contributed by atoms with Crippen molar-refractivity contribution in [2.45, 2.75) is 18.5 Å². The molecule has 206 valence electrons. The number of nitrogens with one attached hydrogen (secondary N) is 2.